The summed E-state index contributed by atoms with van der Waals surface area (Å²) in [4.78, 5) is 0. The van der Waals surface area contributed by atoms with Crippen molar-refractivity contribution < 1.29 is 4.39 Å². The summed E-state index contributed by atoms with van der Waals surface area (Å²) in [5.74, 6) is -0.233. The SMILES string of the molecule is Fc1ccc(-n2ccc3ccc(Cl)cc32)cc1. The van der Waals surface area contributed by atoms with Crippen LogP contribution in [0.5, 0.6) is 0 Å². The van der Waals surface area contributed by atoms with E-state index in [0.717, 1.165) is 16.6 Å². The Morgan fingerprint density at radius 1 is 0.941 bits per heavy atom. The monoisotopic (exact) mass is 245 g/mol. The lowest BCUT2D eigenvalue weighted by Gasteiger charge is -2.05. The molecule has 3 aromatic rings. The Labute approximate surface area is 103 Å². The Bertz CT molecular complexity index is 670. The summed E-state index contributed by atoms with van der Waals surface area (Å²) in [6.45, 7) is 0. The zero-order chi connectivity index (χ0) is 11.8. The maximum Gasteiger partial charge on any atom is 0.123 e. The van der Waals surface area contributed by atoms with Gasteiger partial charge in [-0.2, -0.15) is 0 Å². The molecule has 0 aliphatic rings. The summed E-state index contributed by atoms with van der Waals surface area (Å²) in [6.07, 6.45) is 1.95. The molecule has 3 heteroatoms. The molecule has 0 amide bonds. The summed E-state index contributed by atoms with van der Waals surface area (Å²) >= 11 is 5.99. The highest BCUT2D eigenvalue weighted by molar-refractivity contribution is 6.31. The van der Waals surface area contributed by atoms with E-state index >= 15 is 0 Å². The van der Waals surface area contributed by atoms with E-state index < -0.39 is 0 Å². The van der Waals surface area contributed by atoms with Gasteiger partial charge in [-0.3, -0.25) is 0 Å². The number of hydrogen-bond acceptors (Lipinski definition) is 0. The van der Waals surface area contributed by atoms with Gasteiger partial charge in [0.1, 0.15) is 5.82 Å². The van der Waals surface area contributed by atoms with E-state index in [0.29, 0.717) is 5.02 Å². The molecule has 84 valence electrons. The van der Waals surface area contributed by atoms with Gasteiger partial charge in [0.05, 0.1) is 5.52 Å². The summed E-state index contributed by atoms with van der Waals surface area (Å²) < 4.78 is 14.9. The number of hydrogen-bond donors (Lipinski definition) is 0. The fourth-order valence-corrected chi connectivity index (χ4v) is 2.09. The highest BCUT2D eigenvalue weighted by Crippen LogP contribution is 2.23. The minimum absolute atomic E-state index is 0.233. The first kappa shape index (κ1) is 10.4. The molecular formula is C14H9ClFN. The molecule has 0 N–H and O–H groups in total. The third kappa shape index (κ3) is 1.81. The molecule has 1 aromatic heterocycles. The van der Waals surface area contributed by atoms with Gasteiger partial charge in [0, 0.05) is 22.3 Å². The van der Waals surface area contributed by atoms with E-state index in [4.69, 9.17) is 11.6 Å². The Morgan fingerprint density at radius 3 is 2.47 bits per heavy atom. The molecule has 2 aromatic carbocycles. The van der Waals surface area contributed by atoms with E-state index in [9.17, 15) is 4.39 Å². The minimum atomic E-state index is -0.233. The predicted molar refractivity (Wildman–Crippen MR) is 68.2 cm³/mol. The first-order valence-electron chi connectivity index (χ1n) is 5.26. The van der Waals surface area contributed by atoms with Gasteiger partial charge in [-0.1, -0.05) is 17.7 Å². The molecular weight excluding hydrogens is 237 g/mol. The van der Waals surface area contributed by atoms with Crippen molar-refractivity contribution in [2.24, 2.45) is 0 Å². The predicted octanol–water partition coefficient (Wildman–Crippen LogP) is 4.42. The van der Waals surface area contributed by atoms with Crippen LogP contribution in [0.25, 0.3) is 16.6 Å². The molecule has 1 nitrogen and oxygen atoms in total. The van der Waals surface area contributed by atoms with Crippen LogP contribution in [-0.4, -0.2) is 4.57 Å². The molecule has 0 spiro atoms. The molecule has 0 unspecified atom stereocenters. The molecule has 3 rings (SSSR count). The van der Waals surface area contributed by atoms with Gasteiger partial charge in [-0.25, -0.2) is 4.39 Å². The Morgan fingerprint density at radius 2 is 1.71 bits per heavy atom. The van der Waals surface area contributed by atoms with E-state index in [2.05, 4.69) is 0 Å². The molecule has 0 saturated carbocycles. The highest BCUT2D eigenvalue weighted by atomic mass is 35.5. The molecule has 0 bridgehead atoms. The Kier molecular flexibility index (Phi) is 2.37. The van der Waals surface area contributed by atoms with Gasteiger partial charge in [-0.15, -0.1) is 0 Å². The zero-order valence-electron chi connectivity index (χ0n) is 8.90. The van der Waals surface area contributed by atoms with Gasteiger partial charge in [0.15, 0.2) is 0 Å². The number of halogens is 2. The normalized spacial score (nSPS) is 10.9. The zero-order valence-corrected chi connectivity index (χ0v) is 9.66. The third-order valence-corrected chi connectivity index (χ3v) is 3.00. The third-order valence-electron chi connectivity index (χ3n) is 2.76. The van der Waals surface area contributed by atoms with E-state index in [-0.39, 0.29) is 5.82 Å². The highest BCUT2D eigenvalue weighted by Gasteiger charge is 2.03. The number of rotatable bonds is 1. The molecule has 0 aliphatic heterocycles. The topological polar surface area (TPSA) is 4.93 Å². The summed E-state index contributed by atoms with van der Waals surface area (Å²) in [5, 5.41) is 1.80. The van der Waals surface area contributed by atoms with Crippen LogP contribution in [0.3, 0.4) is 0 Å². The average Bonchev–Trinajstić information content (AvgIpc) is 2.73. The van der Waals surface area contributed by atoms with E-state index in [1.54, 1.807) is 12.1 Å². The minimum Gasteiger partial charge on any atom is -0.317 e. The molecule has 0 fully saturated rings. The Hall–Kier alpha value is -1.80. The maximum atomic E-state index is 12.9. The van der Waals surface area contributed by atoms with Crippen LogP contribution in [-0.2, 0) is 0 Å². The number of benzene rings is 2. The molecule has 17 heavy (non-hydrogen) atoms. The fraction of sp³-hybridized carbons (Fsp3) is 0. The largest absolute Gasteiger partial charge is 0.317 e. The first-order chi connectivity index (χ1) is 8.24. The molecule has 0 saturated heterocycles. The van der Waals surface area contributed by atoms with Crippen molar-refractivity contribution >= 4 is 22.5 Å². The van der Waals surface area contributed by atoms with Crippen LogP contribution in [0.1, 0.15) is 0 Å². The van der Waals surface area contributed by atoms with Crippen LogP contribution in [0.2, 0.25) is 5.02 Å². The van der Waals surface area contributed by atoms with Crippen molar-refractivity contribution in [1.29, 1.82) is 0 Å². The van der Waals surface area contributed by atoms with Gasteiger partial charge < -0.3 is 4.57 Å². The van der Waals surface area contributed by atoms with E-state index in [1.807, 2.05) is 35.0 Å². The van der Waals surface area contributed by atoms with Crippen LogP contribution in [0.4, 0.5) is 4.39 Å². The Balaban J connectivity index is 2.23. The summed E-state index contributed by atoms with van der Waals surface area (Å²) in [5.41, 5.74) is 1.94. The lowest BCUT2D eigenvalue weighted by Crippen LogP contribution is -1.91. The van der Waals surface area contributed by atoms with Crippen molar-refractivity contribution in [1.82, 2.24) is 4.57 Å². The van der Waals surface area contributed by atoms with Crippen molar-refractivity contribution in [3.05, 3.63) is 65.6 Å². The van der Waals surface area contributed by atoms with Crippen LogP contribution in [0, 0.1) is 5.82 Å². The van der Waals surface area contributed by atoms with Crippen LogP contribution >= 0.6 is 11.6 Å². The number of aromatic nitrogens is 1. The lowest BCUT2D eigenvalue weighted by molar-refractivity contribution is 0.627. The maximum absolute atomic E-state index is 12.9. The van der Waals surface area contributed by atoms with Crippen molar-refractivity contribution in [3.8, 4) is 5.69 Å². The van der Waals surface area contributed by atoms with Crippen molar-refractivity contribution in [2.45, 2.75) is 0 Å². The fourth-order valence-electron chi connectivity index (χ4n) is 1.93. The molecule has 0 aliphatic carbocycles. The molecule has 0 atom stereocenters. The van der Waals surface area contributed by atoms with Gasteiger partial charge in [0.2, 0.25) is 0 Å². The lowest BCUT2D eigenvalue weighted by atomic mass is 10.2. The van der Waals surface area contributed by atoms with Crippen LogP contribution in [0.15, 0.2) is 54.7 Å². The smallest absolute Gasteiger partial charge is 0.123 e. The van der Waals surface area contributed by atoms with Gasteiger partial charge in [0.25, 0.3) is 0 Å². The van der Waals surface area contributed by atoms with E-state index in [1.165, 1.54) is 12.1 Å². The van der Waals surface area contributed by atoms with Crippen molar-refractivity contribution in [3.63, 3.8) is 0 Å². The average molecular weight is 246 g/mol. The second-order valence-corrected chi connectivity index (χ2v) is 4.30. The molecule has 0 radical (unpaired) electrons. The number of nitrogens with zero attached hydrogens (tertiary/aromatic N) is 1. The number of fused-ring (bicyclic) bond motifs is 1. The van der Waals surface area contributed by atoms with Crippen LogP contribution < -0.4 is 0 Å². The van der Waals surface area contributed by atoms with Gasteiger partial charge in [-0.05, 0) is 42.5 Å². The first-order valence-corrected chi connectivity index (χ1v) is 5.64. The van der Waals surface area contributed by atoms with Crippen molar-refractivity contribution in [2.75, 3.05) is 0 Å². The second-order valence-electron chi connectivity index (χ2n) is 3.87. The second kappa shape index (κ2) is 3.90. The summed E-state index contributed by atoms with van der Waals surface area (Å²) in [7, 11) is 0. The molecule has 1 heterocycles. The standard InChI is InChI=1S/C14H9ClFN/c15-11-2-1-10-7-8-17(14(10)9-11)13-5-3-12(16)4-6-13/h1-9H. The quantitative estimate of drug-likeness (QED) is 0.598. The van der Waals surface area contributed by atoms with Gasteiger partial charge >= 0.3 is 0 Å². The summed E-state index contributed by atoms with van der Waals surface area (Å²) in [6, 6.07) is 14.1.